The molecule has 0 atom stereocenters. The summed E-state index contributed by atoms with van der Waals surface area (Å²) in [6, 6.07) is 6.88. The molecule has 7 heteroatoms. The van der Waals surface area contributed by atoms with Gasteiger partial charge in [0.1, 0.15) is 11.6 Å². The molecular formula is C15H18FN3O2S. The zero-order chi connectivity index (χ0) is 16.2. The van der Waals surface area contributed by atoms with Gasteiger partial charge in [-0.1, -0.05) is 6.92 Å². The van der Waals surface area contributed by atoms with Crippen molar-refractivity contribution in [2.24, 2.45) is 0 Å². The van der Waals surface area contributed by atoms with Gasteiger partial charge < -0.3 is 5.32 Å². The molecule has 0 saturated heterocycles. The van der Waals surface area contributed by atoms with Crippen molar-refractivity contribution in [3.63, 3.8) is 0 Å². The summed E-state index contributed by atoms with van der Waals surface area (Å²) in [4.78, 5) is 4.18. The van der Waals surface area contributed by atoms with Gasteiger partial charge in [0.2, 0.25) is 0 Å². The van der Waals surface area contributed by atoms with Crippen LogP contribution < -0.4 is 10.0 Å². The van der Waals surface area contributed by atoms with E-state index in [0.29, 0.717) is 17.1 Å². The Hall–Kier alpha value is -2.15. The first-order valence-corrected chi connectivity index (χ1v) is 8.39. The van der Waals surface area contributed by atoms with E-state index in [1.807, 2.05) is 6.92 Å². The number of pyridine rings is 1. The van der Waals surface area contributed by atoms with Gasteiger partial charge in [0.05, 0.1) is 16.8 Å². The van der Waals surface area contributed by atoms with Gasteiger partial charge in [0, 0.05) is 6.54 Å². The zero-order valence-electron chi connectivity index (χ0n) is 12.4. The highest BCUT2D eigenvalue weighted by molar-refractivity contribution is 7.92. The van der Waals surface area contributed by atoms with Crippen molar-refractivity contribution in [2.45, 2.75) is 25.2 Å². The molecule has 22 heavy (non-hydrogen) atoms. The molecule has 2 aromatic rings. The van der Waals surface area contributed by atoms with Crippen LogP contribution in [-0.4, -0.2) is 19.9 Å². The van der Waals surface area contributed by atoms with E-state index in [1.165, 1.54) is 18.3 Å². The Bertz CT molecular complexity index is 746. The van der Waals surface area contributed by atoms with E-state index in [9.17, 15) is 12.8 Å². The Morgan fingerprint density at radius 2 is 2.00 bits per heavy atom. The molecule has 0 aliphatic rings. The molecule has 0 amide bonds. The molecule has 0 aliphatic carbocycles. The largest absolute Gasteiger partial charge is 0.370 e. The molecule has 0 aliphatic heterocycles. The summed E-state index contributed by atoms with van der Waals surface area (Å²) in [7, 11) is -3.77. The minimum Gasteiger partial charge on any atom is -0.370 e. The number of aryl methyl sites for hydroxylation is 1. The van der Waals surface area contributed by atoms with Gasteiger partial charge in [0.15, 0.2) is 0 Å². The number of aromatic nitrogens is 1. The van der Waals surface area contributed by atoms with Crippen molar-refractivity contribution in [1.29, 1.82) is 0 Å². The van der Waals surface area contributed by atoms with Crippen molar-refractivity contribution in [1.82, 2.24) is 4.98 Å². The number of sulfonamides is 1. The van der Waals surface area contributed by atoms with Crippen LogP contribution in [0.1, 0.15) is 18.9 Å². The lowest BCUT2D eigenvalue weighted by Gasteiger charge is -2.11. The Morgan fingerprint density at radius 3 is 2.59 bits per heavy atom. The molecule has 5 nitrogen and oxygen atoms in total. The molecule has 2 rings (SSSR count). The predicted molar refractivity (Wildman–Crippen MR) is 85.0 cm³/mol. The lowest BCUT2D eigenvalue weighted by Crippen LogP contribution is -2.14. The number of anilines is 2. The van der Waals surface area contributed by atoms with Crippen molar-refractivity contribution < 1.29 is 12.8 Å². The van der Waals surface area contributed by atoms with Crippen LogP contribution in [-0.2, 0) is 10.0 Å². The molecular weight excluding hydrogens is 305 g/mol. The predicted octanol–water partition coefficient (Wildman–Crippen LogP) is 3.15. The van der Waals surface area contributed by atoms with Crippen LogP contribution in [0.3, 0.4) is 0 Å². The SMILES string of the molecule is CCCNc1ccc(NS(=O)(=O)c2ccc(F)cc2C)cn1. The highest BCUT2D eigenvalue weighted by Crippen LogP contribution is 2.20. The van der Waals surface area contributed by atoms with Crippen LogP contribution in [0.5, 0.6) is 0 Å². The summed E-state index contributed by atoms with van der Waals surface area (Å²) in [5.74, 6) is 0.215. The van der Waals surface area contributed by atoms with Crippen molar-refractivity contribution in [3.05, 3.63) is 47.9 Å². The van der Waals surface area contributed by atoms with E-state index in [4.69, 9.17) is 0 Å². The lowest BCUT2D eigenvalue weighted by atomic mass is 10.2. The van der Waals surface area contributed by atoms with Crippen molar-refractivity contribution >= 4 is 21.5 Å². The number of benzene rings is 1. The van der Waals surface area contributed by atoms with Crippen LogP contribution in [0.15, 0.2) is 41.4 Å². The molecule has 2 N–H and O–H groups in total. The molecule has 0 saturated carbocycles. The molecule has 0 unspecified atom stereocenters. The topological polar surface area (TPSA) is 71.1 Å². The Kier molecular flexibility index (Phi) is 4.97. The van der Waals surface area contributed by atoms with Gasteiger partial charge in [0.25, 0.3) is 10.0 Å². The fourth-order valence-electron chi connectivity index (χ4n) is 1.94. The third-order valence-corrected chi connectivity index (χ3v) is 4.54. The van der Waals surface area contributed by atoms with E-state index in [0.717, 1.165) is 19.0 Å². The van der Waals surface area contributed by atoms with Crippen molar-refractivity contribution in [3.8, 4) is 0 Å². The van der Waals surface area contributed by atoms with E-state index in [1.54, 1.807) is 19.1 Å². The normalized spacial score (nSPS) is 11.2. The van der Waals surface area contributed by atoms with E-state index in [2.05, 4.69) is 15.0 Å². The second kappa shape index (κ2) is 6.74. The lowest BCUT2D eigenvalue weighted by molar-refractivity contribution is 0.598. The van der Waals surface area contributed by atoms with Gasteiger partial charge >= 0.3 is 0 Å². The zero-order valence-corrected chi connectivity index (χ0v) is 13.2. The maximum absolute atomic E-state index is 13.1. The monoisotopic (exact) mass is 323 g/mol. The highest BCUT2D eigenvalue weighted by Gasteiger charge is 2.17. The van der Waals surface area contributed by atoms with Crippen LogP contribution in [0, 0.1) is 12.7 Å². The smallest absolute Gasteiger partial charge is 0.262 e. The number of hydrogen-bond donors (Lipinski definition) is 2. The minimum atomic E-state index is -3.77. The third kappa shape index (κ3) is 3.94. The molecule has 1 aromatic carbocycles. The van der Waals surface area contributed by atoms with Gasteiger partial charge in [-0.05, 0) is 49.2 Å². The summed E-state index contributed by atoms with van der Waals surface area (Å²) in [5.41, 5.74) is 0.701. The van der Waals surface area contributed by atoms with Crippen molar-refractivity contribution in [2.75, 3.05) is 16.6 Å². The average Bonchev–Trinajstić information content (AvgIpc) is 2.45. The molecule has 0 fully saturated rings. The number of nitrogens with one attached hydrogen (secondary N) is 2. The van der Waals surface area contributed by atoms with Crippen LogP contribution in [0.25, 0.3) is 0 Å². The number of rotatable bonds is 6. The van der Waals surface area contributed by atoms with Crippen LogP contribution in [0.2, 0.25) is 0 Å². The van der Waals surface area contributed by atoms with E-state index >= 15 is 0 Å². The average molecular weight is 323 g/mol. The Labute approximate surface area is 129 Å². The second-order valence-electron chi connectivity index (χ2n) is 4.87. The summed E-state index contributed by atoms with van der Waals surface area (Å²) < 4.78 is 40.1. The first-order valence-electron chi connectivity index (χ1n) is 6.91. The Balaban J connectivity index is 2.18. The maximum Gasteiger partial charge on any atom is 0.262 e. The van der Waals surface area contributed by atoms with Gasteiger partial charge in [-0.15, -0.1) is 0 Å². The number of hydrogen-bond acceptors (Lipinski definition) is 4. The quantitative estimate of drug-likeness (QED) is 0.856. The molecule has 0 radical (unpaired) electrons. The Morgan fingerprint density at radius 1 is 1.23 bits per heavy atom. The van der Waals surface area contributed by atoms with E-state index < -0.39 is 15.8 Å². The summed E-state index contributed by atoms with van der Waals surface area (Å²) in [6.45, 7) is 4.39. The van der Waals surface area contributed by atoms with Gasteiger partial charge in [-0.2, -0.15) is 0 Å². The first-order chi connectivity index (χ1) is 10.4. The summed E-state index contributed by atoms with van der Waals surface area (Å²) in [6.07, 6.45) is 2.41. The molecule has 118 valence electrons. The summed E-state index contributed by atoms with van der Waals surface area (Å²) >= 11 is 0. The van der Waals surface area contributed by atoms with Crippen LogP contribution >= 0.6 is 0 Å². The third-order valence-electron chi connectivity index (χ3n) is 3.00. The van der Waals surface area contributed by atoms with Gasteiger partial charge in [-0.3, -0.25) is 4.72 Å². The molecule has 1 heterocycles. The maximum atomic E-state index is 13.1. The number of halogens is 1. The standard InChI is InChI=1S/C15H18FN3O2S/c1-3-8-17-15-7-5-13(10-18-15)19-22(20,21)14-6-4-12(16)9-11(14)2/h4-7,9-10,19H,3,8H2,1-2H3,(H,17,18). The molecule has 0 spiro atoms. The number of nitrogens with zero attached hydrogens (tertiary/aromatic N) is 1. The van der Waals surface area contributed by atoms with Crippen LogP contribution in [0.4, 0.5) is 15.9 Å². The fourth-order valence-corrected chi connectivity index (χ4v) is 3.21. The second-order valence-corrected chi connectivity index (χ2v) is 6.53. The molecule has 0 bridgehead atoms. The molecule has 1 aromatic heterocycles. The van der Waals surface area contributed by atoms with E-state index in [-0.39, 0.29) is 4.90 Å². The minimum absolute atomic E-state index is 0.0436. The fraction of sp³-hybridized carbons (Fsp3) is 0.267. The highest BCUT2D eigenvalue weighted by atomic mass is 32.2. The summed E-state index contributed by atoms with van der Waals surface area (Å²) in [5, 5.41) is 3.10. The van der Waals surface area contributed by atoms with Gasteiger partial charge in [-0.25, -0.2) is 17.8 Å². The first kappa shape index (κ1) is 16.2.